The summed E-state index contributed by atoms with van der Waals surface area (Å²) in [6, 6.07) is 3.22. The lowest BCUT2D eigenvalue weighted by Crippen LogP contribution is -2.39. The minimum atomic E-state index is -0.236. The molecule has 0 fully saturated rings. The summed E-state index contributed by atoms with van der Waals surface area (Å²) in [6.07, 6.45) is 4.47. The lowest BCUT2D eigenvalue weighted by atomic mass is 10.1. The molecule has 100 valence electrons. The second kappa shape index (κ2) is 6.99. The van der Waals surface area contributed by atoms with Crippen molar-refractivity contribution in [1.29, 1.82) is 0 Å². The van der Waals surface area contributed by atoms with Crippen LogP contribution in [-0.4, -0.2) is 28.4 Å². The Hall–Kier alpha value is -1.58. The predicted molar refractivity (Wildman–Crippen MR) is 72.8 cm³/mol. The SMILES string of the molecule is CCCCN(C(=O)c1cc[nH]c(=O)c1)C(C)CC. The van der Waals surface area contributed by atoms with E-state index in [9.17, 15) is 9.59 Å². The molecule has 0 aliphatic rings. The van der Waals surface area contributed by atoms with Gasteiger partial charge in [0, 0.05) is 30.4 Å². The van der Waals surface area contributed by atoms with Gasteiger partial charge >= 0.3 is 0 Å². The van der Waals surface area contributed by atoms with Crippen molar-refractivity contribution in [2.75, 3.05) is 6.54 Å². The first-order valence-electron chi connectivity index (χ1n) is 6.59. The zero-order valence-corrected chi connectivity index (χ0v) is 11.4. The number of carbonyl (C=O) groups is 1. The van der Waals surface area contributed by atoms with Crippen molar-refractivity contribution in [2.45, 2.75) is 46.1 Å². The molecule has 0 aliphatic heterocycles. The summed E-state index contributed by atoms with van der Waals surface area (Å²) in [5, 5.41) is 0. The van der Waals surface area contributed by atoms with E-state index in [0.717, 1.165) is 25.8 Å². The van der Waals surface area contributed by atoms with Gasteiger partial charge in [0.15, 0.2) is 0 Å². The van der Waals surface area contributed by atoms with E-state index in [2.05, 4.69) is 18.8 Å². The van der Waals surface area contributed by atoms with Crippen LogP contribution < -0.4 is 5.56 Å². The summed E-state index contributed by atoms with van der Waals surface area (Å²) < 4.78 is 0. The number of aromatic nitrogens is 1. The summed E-state index contributed by atoms with van der Waals surface area (Å²) in [5.74, 6) is -0.0519. The molecule has 1 amide bonds. The fourth-order valence-corrected chi connectivity index (χ4v) is 1.81. The second-order valence-electron chi connectivity index (χ2n) is 4.55. The summed E-state index contributed by atoms with van der Waals surface area (Å²) in [4.78, 5) is 28.0. The topological polar surface area (TPSA) is 53.2 Å². The molecule has 0 saturated carbocycles. The van der Waals surface area contributed by atoms with Gasteiger partial charge in [0.25, 0.3) is 5.91 Å². The molecular formula is C14H22N2O2. The van der Waals surface area contributed by atoms with E-state index in [4.69, 9.17) is 0 Å². The zero-order valence-electron chi connectivity index (χ0n) is 11.4. The molecule has 1 unspecified atom stereocenters. The lowest BCUT2D eigenvalue weighted by molar-refractivity contribution is 0.0685. The molecule has 1 aromatic rings. The molecule has 0 saturated heterocycles. The number of aromatic amines is 1. The number of hydrogen-bond donors (Lipinski definition) is 1. The molecule has 1 N–H and O–H groups in total. The largest absolute Gasteiger partial charge is 0.336 e. The van der Waals surface area contributed by atoms with Crippen LogP contribution in [0.1, 0.15) is 50.4 Å². The Kier molecular flexibility index (Phi) is 5.62. The van der Waals surface area contributed by atoms with Crippen LogP contribution in [0.5, 0.6) is 0 Å². The van der Waals surface area contributed by atoms with Crippen LogP contribution in [0.3, 0.4) is 0 Å². The number of pyridine rings is 1. The Labute approximate surface area is 108 Å². The van der Waals surface area contributed by atoms with E-state index in [0.29, 0.717) is 5.56 Å². The number of carbonyl (C=O) groups excluding carboxylic acids is 1. The zero-order chi connectivity index (χ0) is 13.5. The van der Waals surface area contributed by atoms with E-state index in [1.165, 1.54) is 12.3 Å². The third-order valence-corrected chi connectivity index (χ3v) is 3.16. The number of unbranched alkanes of at least 4 members (excludes halogenated alkanes) is 1. The van der Waals surface area contributed by atoms with Crippen molar-refractivity contribution < 1.29 is 4.79 Å². The minimum absolute atomic E-state index is 0.0519. The molecular weight excluding hydrogens is 228 g/mol. The van der Waals surface area contributed by atoms with Crippen molar-refractivity contribution in [1.82, 2.24) is 9.88 Å². The van der Waals surface area contributed by atoms with Gasteiger partial charge in [0.2, 0.25) is 5.56 Å². The highest BCUT2D eigenvalue weighted by Gasteiger charge is 2.19. The summed E-state index contributed by atoms with van der Waals surface area (Å²) in [6.45, 7) is 6.96. The Balaban J connectivity index is 2.91. The highest BCUT2D eigenvalue weighted by Crippen LogP contribution is 2.10. The van der Waals surface area contributed by atoms with Crippen LogP contribution in [0.25, 0.3) is 0 Å². The molecule has 1 rings (SSSR count). The third kappa shape index (κ3) is 3.72. The van der Waals surface area contributed by atoms with Gasteiger partial charge in [-0.2, -0.15) is 0 Å². The predicted octanol–water partition coefficient (Wildman–Crippen LogP) is 2.42. The van der Waals surface area contributed by atoms with E-state index >= 15 is 0 Å². The van der Waals surface area contributed by atoms with Crippen LogP contribution in [-0.2, 0) is 0 Å². The molecule has 1 atom stereocenters. The van der Waals surface area contributed by atoms with E-state index in [1.807, 2.05) is 11.8 Å². The maximum atomic E-state index is 12.4. The molecule has 0 radical (unpaired) electrons. The smallest absolute Gasteiger partial charge is 0.254 e. The summed E-state index contributed by atoms with van der Waals surface area (Å²) in [5.41, 5.74) is 0.232. The first kappa shape index (κ1) is 14.5. The summed E-state index contributed by atoms with van der Waals surface area (Å²) >= 11 is 0. The lowest BCUT2D eigenvalue weighted by Gasteiger charge is -2.28. The average Bonchev–Trinajstić information content (AvgIpc) is 2.38. The van der Waals surface area contributed by atoms with E-state index < -0.39 is 0 Å². The fraction of sp³-hybridized carbons (Fsp3) is 0.571. The maximum Gasteiger partial charge on any atom is 0.254 e. The molecule has 0 aliphatic carbocycles. The molecule has 0 spiro atoms. The van der Waals surface area contributed by atoms with Gasteiger partial charge in [-0.1, -0.05) is 20.3 Å². The van der Waals surface area contributed by atoms with Crippen LogP contribution in [0.15, 0.2) is 23.1 Å². The van der Waals surface area contributed by atoms with Gasteiger partial charge in [-0.15, -0.1) is 0 Å². The quantitative estimate of drug-likeness (QED) is 0.843. The highest BCUT2D eigenvalue weighted by atomic mass is 16.2. The van der Waals surface area contributed by atoms with E-state index in [1.54, 1.807) is 6.07 Å². The number of rotatable bonds is 6. The van der Waals surface area contributed by atoms with Crippen molar-refractivity contribution in [3.05, 3.63) is 34.2 Å². The van der Waals surface area contributed by atoms with Gasteiger partial charge in [-0.3, -0.25) is 9.59 Å². The molecule has 0 aromatic carbocycles. The van der Waals surface area contributed by atoms with Crippen LogP contribution in [0.4, 0.5) is 0 Å². The summed E-state index contributed by atoms with van der Waals surface area (Å²) in [7, 11) is 0. The first-order chi connectivity index (χ1) is 8.60. The molecule has 1 heterocycles. The molecule has 4 nitrogen and oxygen atoms in total. The molecule has 4 heteroatoms. The van der Waals surface area contributed by atoms with Crippen molar-refractivity contribution in [3.63, 3.8) is 0 Å². The Morgan fingerprint density at radius 2 is 2.17 bits per heavy atom. The Morgan fingerprint density at radius 3 is 2.72 bits per heavy atom. The Morgan fingerprint density at radius 1 is 1.44 bits per heavy atom. The van der Waals surface area contributed by atoms with Crippen molar-refractivity contribution in [3.8, 4) is 0 Å². The third-order valence-electron chi connectivity index (χ3n) is 3.16. The number of amides is 1. The maximum absolute atomic E-state index is 12.4. The molecule has 0 bridgehead atoms. The van der Waals surface area contributed by atoms with Gasteiger partial charge in [0.1, 0.15) is 0 Å². The van der Waals surface area contributed by atoms with Crippen LogP contribution in [0, 0.1) is 0 Å². The van der Waals surface area contributed by atoms with Gasteiger partial charge < -0.3 is 9.88 Å². The standard InChI is InChI=1S/C14H22N2O2/c1-4-6-9-16(11(3)5-2)14(18)12-7-8-15-13(17)10-12/h7-8,10-11H,4-6,9H2,1-3H3,(H,15,17). The molecule has 1 aromatic heterocycles. The number of hydrogen-bond acceptors (Lipinski definition) is 2. The van der Waals surface area contributed by atoms with E-state index in [-0.39, 0.29) is 17.5 Å². The van der Waals surface area contributed by atoms with Crippen LogP contribution >= 0.6 is 0 Å². The molecule has 18 heavy (non-hydrogen) atoms. The van der Waals surface area contributed by atoms with Gasteiger partial charge in [0.05, 0.1) is 0 Å². The number of nitrogens with one attached hydrogen (secondary N) is 1. The van der Waals surface area contributed by atoms with Crippen LogP contribution in [0.2, 0.25) is 0 Å². The van der Waals surface area contributed by atoms with Gasteiger partial charge in [-0.25, -0.2) is 0 Å². The van der Waals surface area contributed by atoms with Crippen molar-refractivity contribution >= 4 is 5.91 Å². The normalized spacial score (nSPS) is 12.2. The Bertz CT molecular complexity index is 439. The second-order valence-corrected chi connectivity index (χ2v) is 4.55. The highest BCUT2D eigenvalue weighted by molar-refractivity contribution is 5.94. The number of H-pyrrole nitrogens is 1. The minimum Gasteiger partial charge on any atom is -0.336 e. The fourth-order valence-electron chi connectivity index (χ4n) is 1.81. The van der Waals surface area contributed by atoms with Gasteiger partial charge in [-0.05, 0) is 25.8 Å². The first-order valence-corrected chi connectivity index (χ1v) is 6.59. The average molecular weight is 250 g/mol. The monoisotopic (exact) mass is 250 g/mol. The number of nitrogens with zero attached hydrogens (tertiary/aromatic N) is 1. The van der Waals surface area contributed by atoms with Crippen molar-refractivity contribution in [2.24, 2.45) is 0 Å².